The summed E-state index contributed by atoms with van der Waals surface area (Å²) in [6, 6.07) is 4.46. The normalized spacial score (nSPS) is 12.4. The number of anilines is 1. The van der Waals surface area contributed by atoms with Gasteiger partial charge in [0, 0.05) is 33.0 Å². The van der Waals surface area contributed by atoms with E-state index in [1.165, 1.54) is 5.56 Å². The van der Waals surface area contributed by atoms with Crippen molar-refractivity contribution in [3.05, 3.63) is 23.4 Å². The largest absolute Gasteiger partial charge is 0.383 e. The summed E-state index contributed by atoms with van der Waals surface area (Å²) in [7, 11) is 5.38. The molecule has 5 heteroatoms. The number of rotatable bonds is 9. The number of ether oxygens (including phenoxy) is 2. The van der Waals surface area contributed by atoms with E-state index in [0.717, 1.165) is 24.6 Å². The summed E-state index contributed by atoms with van der Waals surface area (Å²) in [6.45, 7) is 7.17. The van der Waals surface area contributed by atoms with E-state index in [9.17, 15) is 0 Å². The van der Waals surface area contributed by atoms with E-state index in [4.69, 9.17) is 14.5 Å². The number of pyridine rings is 1. The van der Waals surface area contributed by atoms with Gasteiger partial charge in [-0.2, -0.15) is 0 Å². The first kappa shape index (κ1) is 16.9. The van der Waals surface area contributed by atoms with Crippen LogP contribution in [0.15, 0.2) is 12.1 Å². The van der Waals surface area contributed by atoms with Crippen molar-refractivity contribution < 1.29 is 9.47 Å². The van der Waals surface area contributed by atoms with Crippen molar-refractivity contribution >= 4 is 5.82 Å². The molecule has 20 heavy (non-hydrogen) atoms. The van der Waals surface area contributed by atoms with E-state index in [2.05, 4.69) is 29.3 Å². The highest BCUT2D eigenvalue weighted by Gasteiger charge is 2.16. The van der Waals surface area contributed by atoms with Gasteiger partial charge in [0.1, 0.15) is 5.82 Å². The van der Waals surface area contributed by atoms with Gasteiger partial charge in [0.15, 0.2) is 0 Å². The molecule has 0 aliphatic heterocycles. The Hall–Kier alpha value is -1.17. The maximum atomic E-state index is 5.26. The maximum absolute atomic E-state index is 5.26. The molecule has 0 bridgehead atoms. The predicted octanol–water partition coefficient (Wildman–Crippen LogP) is 1.60. The molecule has 1 rings (SSSR count). The van der Waals surface area contributed by atoms with Crippen molar-refractivity contribution in [2.75, 3.05) is 45.9 Å². The SMILES string of the molecule is CNCc1ccc(N(CCOC)C(C)COC)nc1C. The lowest BCUT2D eigenvalue weighted by atomic mass is 10.2. The third-order valence-corrected chi connectivity index (χ3v) is 3.32. The maximum Gasteiger partial charge on any atom is 0.129 e. The molecule has 0 amide bonds. The fraction of sp³-hybridized carbons (Fsp3) is 0.667. The van der Waals surface area contributed by atoms with E-state index in [-0.39, 0.29) is 6.04 Å². The Morgan fingerprint density at radius 1 is 1.30 bits per heavy atom. The lowest BCUT2D eigenvalue weighted by Gasteiger charge is -2.30. The Labute approximate surface area is 122 Å². The summed E-state index contributed by atoms with van der Waals surface area (Å²) in [5.41, 5.74) is 2.28. The molecule has 1 N–H and O–H groups in total. The predicted molar refractivity (Wildman–Crippen MR) is 82.3 cm³/mol. The van der Waals surface area contributed by atoms with Crippen LogP contribution >= 0.6 is 0 Å². The zero-order chi connectivity index (χ0) is 15.0. The van der Waals surface area contributed by atoms with Crippen LogP contribution in [-0.4, -0.2) is 52.1 Å². The van der Waals surface area contributed by atoms with Crippen molar-refractivity contribution in [3.63, 3.8) is 0 Å². The molecule has 1 heterocycles. The van der Waals surface area contributed by atoms with Crippen molar-refractivity contribution in [3.8, 4) is 0 Å². The number of methoxy groups -OCH3 is 2. The molecule has 0 radical (unpaired) electrons. The van der Waals surface area contributed by atoms with Crippen LogP contribution in [0.5, 0.6) is 0 Å². The van der Waals surface area contributed by atoms with E-state index < -0.39 is 0 Å². The average molecular weight is 281 g/mol. The van der Waals surface area contributed by atoms with Gasteiger partial charge in [-0.3, -0.25) is 0 Å². The molecule has 114 valence electrons. The molecule has 0 aliphatic carbocycles. The van der Waals surface area contributed by atoms with E-state index in [1.54, 1.807) is 14.2 Å². The zero-order valence-electron chi connectivity index (χ0n) is 13.3. The van der Waals surface area contributed by atoms with Crippen LogP contribution in [-0.2, 0) is 16.0 Å². The Morgan fingerprint density at radius 3 is 2.60 bits per heavy atom. The van der Waals surface area contributed by atoms with Gasteiger partial charge >= 0.3 is 0 Å². The van der Waals surface area contributed by atoms with Crippen LogP contribution in [0.4, 0.5) is 5.82 Å². The lowest BCUT2D eigenvalue weighted by Crippen LogP contribution is -2.39. The van der Waals surface area contributed by atoms with Gasteiger partial charge in [-0.1, -0.05) is 6.07 Å². The lowest BCUT2D eigenvalue weighted by molar-refractivity contribution is 0.170. The number of aromatic nitrogens is 1. The van der Waals surface area contributed by atoms with Crippen molar-refractivity contribution in [2.24, 2.45) is 0 Å². The molecule has 0 saturated heterocycles. The highest BCUT2D eigenvalue weighted by molar-refractivity contribution is 5.42. The van der Waals surface area contributed by atoms with Crippen LogP contribution < -0.4 is 10.2 Å². The quantitative estimate of drug-likeness (QED) is 0.745. The molecule has 0 aromatic carbocycles. The zero-order valence-corrected chi connectivity index (χ0v) is 13.3. The second kappa shape index (κ2) is 8.89. The Morgan fingerprint density at radius 2 is 2.05 bits per heavy atom. The van der Waals surface area contributed by atoms with Gasteiger partial charge in [0.25, 0.3) is 0 Å². The second-order valence-electron chi connectivity index (χ2n) is 4.93. The number of aryl methyl sites for hydroxylation is 1. The summed E-state index contributed by atoms with van der Waals surface area (Å²) in [5.74, 6) is 0.976. The standard InChI is InChI=1S/C15H27N3O2/c1-12(11-20-5)18(8-9-19-4)15-7-6-14(10-16-3)13(2)17-15/h6-7,12,16H,8-11H2,1-5H3. The third kappa shape index (κ3) is 4.74. The van der Waals surface area contributed by atoms with Crippen LogP contribution in [0.25, 0.3) is 0 Å². The van der Waals surface area contributed by atoms with Crippen LogP contribution in [0, 0.1) is 6.92 Å². The summed E-state index contributed by atoms with van der Waals surface area (Å²) in [5, 5.41) is 3.16. The van der Waals surface area contributed by atoms with Gasteiger partial charge in [0.05, 0.1) is 19.3 Å². The molecule has 1 aromatic heterocycles. The Kier molecular flexibility index (Phi) is 7.51. The first-order chi connectivity index (χ1) is 9.63. The van der Waals surface area contributed by atoms with Crippen LogP contribution in [0.3, 0.4) is 0 Å². The van der Waals surface area contributed by atoms with Crippen LogP contribution in [0.1, 0.15) is 18.2 Å². The number of nitrogens with zero attached hydrogens (tertiary/aromatic N) is 2. The minimum Gasteiger partial charge on any atom is -0.383 e. The van der Waals surface area contributed by atoms with Crippen molar-refractivity contribution in [1.29, 1.82) is 0 Å². The molecule has 0 fully saturated rings. The highest BCUT2D eigenvalue weighted by atomic mass is 16.5. The van der Waals surface area contributed by atoms with Gasteiger partial charge in [-0.05, 0) is 32.5 Å². The molecule has 1 atom stereocenters. The van der Waals surface area contributed by atoms with E-state index in [1.807, 2.05) is 14.0 Å². The molecule has 1 unspecified atom stereocenters. The van der Waals surface area contributed by atoms with Gasteiger partial charge < -0.3 is 19.7 Å². The fourth-order valence-electron chi connectivity index (χ4n) is 2.20. The molecule has 0 saturated carbocycles. The summed E-state index contributed by atoms with van der Waals surface area (Å²) < 4.78 is 10.5. The Balaban J connectivity index is 2.91. The summed E-state index contributed by atoms with van der Waals surface area (Å²) >= 11 is 0. The monoisotopic (exact) mass is 281 g/mol. The Bertz CT molecular complexity index is 399. The van der Waals surface area contributed by atoms with Crippen molar-refractivity contribution in [1.82, 2.24) is 10.3 Å². The summed E-state index contributed by atoms with van der Waals surface area (Å²) in [4.78, 5) is 6.95. The first-order valence-electron chi connectivity index (χ1n) is 6.99. The smallest absolute Gasteiger partial charge is 0.129 e. The molecular formula is C15H27N3O2. The number of nitrogens with one attached hydrogen (secondary N) is 1. The third-order valence-electron chi connectivity index (χ3n) is 3.32. The van der Waals surface area contributed by atoms with E-state index in [0.29, 0.717) is 13.2 Å². The molecular weight excluding hydrogens is 254 g/mol. The van der Waals surface area contributed by atoms with Gasteiger partial charge in [-0.25, -0.2) is 4.98 Å². The van der Waals surface area contributed by atoms with Crippen molar-refractivity contribution in [2.45, 2.75) is 26.4 Å². The minimum atomic E-state index is 0.261. The number of hydrogen-bond donors (Lipinski definition) is 1. The number of hydrogen-bond acceptors (Lipinski definition) is 5. The highest BCUT2D eigenvalue weighted by Crippen LogP contribution is 2.17. The first-order valence-corrected chi connectivity index (χ1v) is 6.99. The van der Waals surface area contributed by atoms with Gasteiger partial charge in [-0.15, -0.1) is 0 Å². The molecule has 0 spiro atoms. The fourth-order valence-corrected chi connectivity index (χ4v) is 2.20. The minimum absolute atomic E-state index is 0.261. The second-order valence-corrected chi connectivity index (χ2v) is 4.93. The van der Waals surface area contributed by atoms with E-state index >= 15 is 0 Å². The average Bonchev–Trinajstić information content (AvgIpc) is 2.42. The molecule has 1 aromatic rings. The summed E-state index contributed by atoms with van der Waals surface area (Å²) in [6.07, 6.45) is 0. The molecule has 0 aliphatic rings. The topological polar surface area (TPSA) is 46.6 Å². The van der Waals surface area contributed by atoms with Crippen LogP contribution in [0.2, 0.25) is 0 Å². The molecule has 5 nitrogen and oxygen atoms in total. The van der Waals surface area contributed by atoms with Gasteiger partial charge in [0.2, 0.25) is 0 Å².